The van der Waals surface area contributed by atoms with Crippen LogP contribution in [0.4, 0.5) is 4.39 Å². The van der Waals surface area contributed by atoms with Gasteiger partial charge in [0.1, 0.15) is 5.82 Å². The lowest BCUT2D eigenvalue weighted by Gasteiger charge is -2.14. The van der Waals surface area contributed by atoms with Gasteiger partial charge >= 0.3 is 0 Å². The summed E-state index contributed by atoms with van der Waals surface area (Å²) in [5.41, 5.74) is 1.78. The van der Waals surface area contributed by atoms with Gasteiger partial charge in [0.05, 0.1) is 6.04 Å². The molecule has 2 aromatic rings. The third-order valence-electron chi connectivity index (χ3n) is 3.26. The number of carbonyl (C=O) groups excluding carboxylic acids is 1. The van der Waals surface area contributed by atoms with Crippen LogP contribution in [-0.4, -0.2) is 5.91 Å². The SMILES string of the molecule is CC(NC(=O)CCc1cccc(F)c1)c1cccc(Cl)c1. The average Bonchev–Trinajstić information content (AvgIpc) is 2.45. The van der Waals surface area contributed by atoms with Gasteiger partial charge in [-0.15, -0.1) is 0 Å². The Balaban J connectivity index is 1.87. The molecule has 1 N–H and O–H groups in total. The maximum atomic E-state index is 13.0. The second-order valence-electron chi connectivity index (χ2n) is 4.97. The van der Waals surface area contributed by atoms with Crippen LogP contribution in [-0.2, 0) is 11.2 Å². The normalized spacial score (nSPS) is 12.0. The van der Waals surface area contributed by atoms with Gasteiger partial charge in [0.15, 0.2) is 0 Å². The Bertz CT molecular complexity index is 630. The van der Waals surface area contributed by atoms with Gasteiger partial charge in [0, 0.05) is 11.4 Å². The Morgan fingerprint density at radius 1 is 1.24 bits per heavy atom. The molecule has 2 nitrogen and oxygen atoms in total. The van der Waals surface area contributed by atoms with E-state index in [1.165, 1.54) is 12.1 Å². The van der Waals surface area contributed by atoms with E-state index in [-0.39, 0.29) is 17.8 Å². The van der Waals surface area contributed by atoms with Crippen molar-refractivity contribution in [3.05, 3.63) is 70.5 Å². The molecule has 4 heteroatoms. The number of rotatable bonds is 5. The lowest BCUT2D eigenvalue weighted by molar-refractivity contribution is -0.121. The van der Waals surface area contributed by atoms with E-state index in [4.69, 9.17) is 11.6 Å². The van der Waals surface area contributed by atoms with Crippen molar-refractivity contribution in [3.8, 4) is 0 Å². The van der Waals surface area contributed by atoms with Crippen LogP contribution in [0.5, 0.6) is 0 Å². The minimum absolute atomic E-state index is 0.0632. The average molecular weight is 306 g/mol. The van der Waals surface area contributed by atoms with Crippen molar-refractivity contribution in [1.82, 2.24) is 5.32 Å². The van der Waals surface area contributed by atoms with E-state index in [0.29, 0.717) is 17.9 Å². The second kappa shape index (κ2) is 7.23. The molecule has 0 saturated carbocycles. The van der Waals surface area contributed by atoms with Gasteiger partial charge in [-0.05, 0) is 48.7 Å². The van der Waals surface area contributed by atoms with Crippen molar-refractivity contribution in [2.75, 3.05) is 0 Å². The van der Waals surface area contributed by atoms with Crippen molar-refractivity contribution in [3.63, 3.8) is 0 Å². The van der Waals surface area contributed by atoms with E-state index < -0.39 is 0 Å². The monoisotopic (exact) mass is 305 g/mol. The molecule has 0 bridgehead atoms. The van der Waals surface area contributed by atoms with Crippen molar-refractivity contribution >= 4 is 17.5 Å². The Morgan fingerprint density at radius 3 is 2.71 bits per heavy atom. The van der Waals surface area contributed by atoms with E-state index in [2.05, 4.69) is 5.32 Å². The van der Waals surface area contributed by atoms with Gasteiger partial charge in [0.2, 0.25) is 5.91 Å². The first kappa shape index (κ1) is 15.5. The van der Waals surface area contributed by atoms with E-state index in [0.717, 1.165) is 11.1 Å². The lowest BCUT2D eigenvalue weighted by atomic mass is 10.1. The molecule has 1 amide bonds. The second-order valence-corrected chi connectivity index (χ2v) is 5.41. The molecule has 0 saturated heterocycles. The molecule has 0 radical (unpaired) electrons. The van der Waals surface area contributed by atoms with Crippen molar-refractivity contribution < 1.29 is 9.18 Å². The summed E-state index contributed by atoms with van der Waals surface area (Å²) in [6.07, 6.45) is 0.847. The zero-order chi connectivity index (χ0) is 15.2. The number of amides is 1. The molecule has 0 fully saturated rings. The zero-order valence-corrected chi connectivity index (χ0v) is 12.5. The van der Waals surface area contributed by atoms with Crippen LogP contribution >= 0.6 is 11.6 Å². The summed E-state index contributed by atoms with van der Waals surface area (Å²) in [7, 11) is 0. The van der Waals surface area contributed by atoms with Crippen LogP contribution in [0.3, 0.4) is 0 Å². The Labute approximate surface area is 128 Å². The fourth-order valence-electron chi connectivity index (χ4n) is 2.12. The van der Waals surface area contributed by atoms with E-state index in [1.54, 1.807) is 12.1 Å². The van der Waals surface area contributed by atoms with Crippen molar-refractivity contribution in [1.29, 1.82) is 0 Å². The van der Waals surface area contributed by atoms with Crippen LogP contribution in [0.25, 0.3) is 0 Å². The van der Waals surface area contributed by atoms with Crippen molar-refractivity contribution in [2.45, 2.75) is 25.8 Å². The first-order valence-corrected chi connectivity index (χ1v) is 7.21. The van der Waals surface area contributed by atoms with Gasteiger partial charge < -0.3 is 5.32 Å². The number of halogens is 2. The molecule has 0 aliphatic carbocycles. The summed E-state index contributed by atoms with van der Waals surface area (Å²) in [6.45, 7) is 1.91. The number of nitrogens with one attached hydrogen (secondary N) is 1. The molecule has 2 aromatic carbocycles. The maximum absolute atomic E-state index is 13.0. The Kier molecular flexibility index (Phi) is 5.34. The first-order valence-electron chi connectivity index (χ1n) is 6.84. The predicted octanol–water partition coefficient (Wildman–Crippen LogP) is 4.29. The first-order chi connectivity index (χ1) is 10.0. The Hall–Kier alpha value is -1.87. The number of aryl methyl sites for hydroxylation is 1. The molecule has 0 aliphatic heterocycles. The molecule has 0 aliphatic rings. The lowest BCUT2D eigenvalue weighted by Crippen LogP contribution is -2.26. The molecule has 1 atom stereocenters. The molecular weight excluding hydrogens is 289 g/mol. The van der Waals surface area contributed by atoms with Crippen LogP contribution in [0.15, 0.2) is 48.5 Å². The summed E-state index contributed by atoms with van der Waals surface area (Å²) in [4.78, 5) is 11.9. The quantitative estimate of drug-likeness (QED) is 0.877. The fourth-order valence-corrected chi connectivity index (χ4v) is 2.32. The zero-order valence-electron chi connectivity index (χ0n) is 11.8. The largest absolute Gasteiger partial charge is 0.350 e. The highest BCUT2D eigenvalue weighted by Gasteiger charge is 2.10. The predicted molar refractivity (Wildman–Crippen MR) is 82.7 cm³/mol. The number of hydrogen-bond donors (Lipinski definition) is 1. The fraction of sp³-hybridized carbons (Fsp3) is 0.235. The maximum Gasteiger partial charge on any atom is 0.220 e. The number of carbonyl (C=O) groups is 1. The number of hydrogen-bond acceptors (Lipinski definition) is 1. The smallest absolute Gasteiger partial charge is 0.220 e. The molecule has 110 valence electrons. The highest BCUT2D eigenvalue weighted by molar-refractivity contribution is 6.30. The van der Waals surface area contributed by atoms with Crippen molar-refractivity contribution in [2.24, 2.45) is 0 Å². The highest BCUT2D eigenvalue weighted by Crippen LogP contribution is 2.17. The van der Waals surface area contributed by atoms with Crippen LogP contribution in [0, 0.1) is 5.82 Å². The summed E-state index contributed by atoms with van der Waals surface area (Å²) in [6, 6.07) is 13.6. The van der Waals surface area contributed by atoms with Gasteiger partial charge in [-0.25, -0.2) is 4.39 Å². The minimum Gasteiger partial charge on any atom is -0.350 e. The number of benzene rings is 2. The standard InChI is InChI=1S/C17H17ClFNO/c1-12(14-5-3-6-15(18)11-14)20-17(21)9-8-13-4-2-7-16(19)10-13/h2-7,10-12H,8-9H2,1H3,(H,20,21). The topological polar surface area (TPSA) is 29.1 Å². The molecule has 0 heterocycles. The van der Waals surface area contributed by atoms with Crippen LogP contribution in [0.2, 0.25) is 5.02 Å². The van der Waals surface area contributed by atoms with E-state index in [1.807, 2.05) is 31.2 Å². The van der Waals surface area contributed by atoms with Gasteiger partial charge in [-0.3, -0.25) is 4.79 Å². The minimum atomic E-state index is -0.278. The third-order valence-corrected chi connectivity index (χ3v) is 3.49. The molecule has 0 aromatic heterocycles. The third kappa shape index (κ3) is 4.87. The van der Waals surface area contributed by atoms with Crippen LogP contribution < -0.4 is 5.32 Å². The van der Waals surface area contributed by atoms with E-state index >= 15 is 0 Å². The highest BCUT2D eigenvalue weighted by atomic mass is 35.5. The summed E-state index contributed by atoms with van der Waals surface area (Å²) in [5, 5.41) is 3.56. The molecule has 1 unspecified atom stereocenters. The summed E-state index contributed by atoms with van der Waals surface area (Å²) < 4.78 is 13.0. The Morgan fingerprint density at radius 2 is 2.00 bits per heavy atom. The summed E-state index contributed by atoms with van der Waals surface area (Å²) in [5.74, 6) is -0.341. The van der Waals surface area contributed by atoms with E-state index in [9.17, 15) is 9.18 Å². The molecule has 0 spiro atoms. The van der Waals surface area contributed by atoms with Crippen LogP contribution in [0.1, 0.15) is 30.5 Å². The molecular formula is C17H17ClFNO. The van der Waals surface area contributed by atoms with Gasteiger partial charge in [-0.2, -0.15) is 0 Å². The summed E-state index contributed by atoms with van der Waals surface area (Å²) >= 11 is 5.93. The van der Waals surface area contributed by atoms with Gasteiger partial charge in [-0.1, -0.05) is 35.9 Å². The van der Waals surface area contributed by atoms with Gasteiger partial charge in [0.25, 0.3) is 0 Å². The molecule has 21 heavy (non-hydrogen) atoms. The molecule has 2 rings (SSSR count).